The van der Waals surface area contributed by atoms with Crippen LogP contribution in [0.4, 0.5) is 0 Å². The van der Waals surface area contributed by atoms with Crippen LogP contribution in [0.25, 0.3) is 22.2 Å². The van der Waals surface area contributed by atoms with Gasteiger partial charge in [-0.05, 0) is 107 Å². The van der Waals surface area contributed by atoms with Crippen LogP contribution in [-0.4, -0.2) is 33.8 Å². The number of aromatic nitrogens is 1. The lowest BCUT2D eigenvalue weighted by Gasteiger charge is -2.31. The summed E-state index contributed by atoms with van der Waals surface area (Å²) in [6.45, 7) is 5.68. The molecule has 2 heterocycles. The Bertz CT molecular complexity index is 1330. The van der Waals surface area contributed by atoms with Gasteiger partial charge >= 0.3 is 0 Å². The Balaban J connectivity index is 0.00000323. The van der Waals surface area contributed by atoms with E-state index in [1.54, 1.807) is 0 Å². The third-order valence-corrected chi connectivity index (χ3v) is 9.54. The minimum atomic E-state index is -0.280. The number of hydrogen-bond donors (Lipinski definition) is 2. The number of hydrogen-bond acceptors (Lipinski definition) is 3. The predicted molar refractivity (Wildman–Crippen MR) is 165 cm³/mol. The molecule has 1 aliphatic heterocycles. The Kier molecular flexibility index (Phi) is 8.82. The molecule has 1 amide bonds. The van der Waals surface area contributed by atoms with E-state index in [0.717, 1.165) is 61.9 Å². The maximum Gasteiger partial charge on any atom is 0.251 e. The van der Waals surface area contributed by atoms with E-state index in [1.165, 1.54) is 54.3 Å². The first-order valence-electron chi connectivity index (χ1n) is 15.3. The average Bonchev–Trinajstić information content (AvgIpc) is 3.14. The summed E-state index contributed by atoms with van der Waals surface area (Å²) in [5, 5.41) is 14.5. The number of nitrogens with one attached hydrogen (secondary N) is 1. The summed E-state index contributed by atoms with van der Waals surface area (Å²) in [6.07, 6.45) is 12.3. The number of carbonyl (C=O) groups excluding carboxylic acids is 1. The molecule has 2 N–H and O–H groups in total. The molecule has 216 valence electrons. The van der Waals surface area contributed by atoms with Crippen molar-refractivity contribution in [2.45, 2.75) is 109 Å². The smallest absolute Gasteiger partial charge is 0.251 e. The Labute approximate surface area is 245 Å². The van der Waals surface area contributed by atoms with Gasteiger partial charge in [-0.2, -0.15) is 0 Å². The summed E-state index contributed by atoms with van der Waals surface area (Å²) in [5.74, 6) is 2.16. The van der Waals surface area contributed by atoms with Gasteiger partial charge in [0.15, 0.2) is 0 Å². The lowest BCUT2D eigenvalue weighted by atomic mass is 9.81. The molecule has 0 unspecified atom stereocenters. The lowest BCUT2D eigenvalue weighted by Crippen LogP contribution is -2.43. The molecule has 0 atom stereocenters. The molecule has 40 heavy (non-hydrogen) atoms. The molecule has 5 nitrogen and oxygen atoms in total. The van der Waals surface area contributed by atoms with Crippen LogP contribution in [0.2, 0.25) is 0 Å². The molecule has 0 saturated heterocycles. The van der Waals surface area contributed by atoms with Gasteiger partial charge < -0.3 is 19.7 Å². The second-order valence-corrected chi connectivity index (χ2v) is 12.9. The Hall–Kier alpha value is -2.50. The molecule has 6 rings (SSSR count). The van der Waals surface area contributed by atoms with Gasteiger partial charge in [-0.25, -0.2) is 0 Å². The van der Waals surface area contributed by atoms with Crippen LogP contribution >= 0.6 is 12.4 Å². The second-order valence-electron chi connectivity index (χ2n) is 12.9. The molecule has 0 bridgehead atoms. The fourth-order valence-corrected chi connectivity index (χ4v) is 7.32. The van der Waals surface area contributed by atoms with Crippen LogP contribution in [0.15, 0.2) is 42.5 Å². The van der Waals surface area contributed by atoms with E-state index < -0.39 is 0 Å². The number of nitrogens with zero attached hydrogens (tertiary/aromatic N) is 1. The fourth-order valence-electron chi connectivity index (χ4n) is 7.32. The zero-order valence-corrected chi connectivity index (χ0v) is 24.9. The van der Waals surface area contributed by atoms with Gasteiger partial charge in [-0.15, -0.1) is 12.4 Å². The van der Waals surface area contributed by atoms with Crippen molar-refractivity contribution in [3.05, 3.63) is 53.6 Å². The van der Waals surface area contributed by atoms with E-state index in [9.17, 15) is 9.90 Å². The number of aliphatic hydroxyl groups excluding tert-OH is 1. The molecule has 2 fully saturated rings. The van der Waals surface area contributed by atoms with Crippen molar-refractivity contribution in [1.82, 2.24) is 9.88 Å². The summed E-state index contributed by atoms with van der Waals surface area (Å²) in [4.78, 5) is 13.6. The number of carbonyl (C=O) groups is 1. The standard InChI is InChI=1S/C34H44N2O3.ClH/c1-34(2,19-18-23-12-15-26(37)16-13-23)35-33(38)25-14-17-27-29(22-25)36-20-21-39-30-11-7-6-10-28(30)32(36)31(27)24-8-4-3-5-9-24;/h6-7,10-11,14,17,22-24,26,37H,3-5,8-9,12-13,15-16,18-21H2,1-2H3,(H,35,38);1H. The second kappa shape index (κ2) is 12.2. The van der Waals surface area contributed by atoms with Crippen LogP contribution in [0.1, 0.15) is 106 Å². The van der Waals surface area contributed by atoms with E-state index in [1.807, 2.05) is 6.07 Å². The number of fused-ring (bicyclic) bond motifs is 5. The number of amides is 1. The van der Waals surface area contributed by atoms with Gasteiger partial charge in [-0.1, -0.05) is 37.5 Å². The van der Waals surface area contributed by atoms with Crippen LogP contribution in [0, 0.1) is 5.92 Å². The fraction of sp³-hybridized carbons (Fsp3) is 0.559. The molecule has 2 aliphatic carbocycles. The topological polar surface area (TPSA) is 63.5 Å². The Morgan fingerprint density at radius 2 is 1.77 bits per heavy atom. The highest BCUT2D eigenvalue weighted by molar-refractivity contribution is 6.01. The van der Waals surface area contributed by atoms with E-state index in [2.05, 4.69) is 60.1 Å². The monoisotopic (exact) mass is 564 g/mol. The first-order chi connectivity index (χ1) is 18.9. The van der Waals surface area contributed by atoms with Gasteiger partial charge in [0.05, 0.1) is 18.3 Å². The highest BCUT2D eigenvalue weighted by atomic mass is 35.5. The number of benzene rings is 2. The lowest BCUT2D eigenvalue weighted by molar-refractivity contribution is 0.0891. The van der Waals surface area contributed by atoms with Crippen LogP contribution in [-0.2, 0) is 6.54 Å². The minimum absolute atomic E-state index is 0. The highest BCUT2D eigenvalue weighted by Gasteiger charge is 2.30. The highest BCUT2D eigenvalue weighted by Crippen LogP contribution is 2.47. The van der Waals surface area contributed by atoms with Crippen LogP contribution < -0.4 is 10.1 Å². The van der Waals surface area contributed by atoms with Crippen molar-refractivity contribution < 1.29 is 14.6 Å². The number of halogens is 1. The van der Waals surface area contributed by atoms with Gasteiger partial charge in [0.1, 0.15) is 12.4 Å². The Morgan fingerprint density at radius 1 is 1.02 bits per heavy atom. The molecule has 6 heteroatoms. The third-order valence-electron chi connectivity index (χ3n) is 9.54. The summed E-state index contributed by atoms with van der Waals surface area (Å²) < 4.78 is 8.61. The number of ether oxygens (including phenoxy) is 1. The molecule has 3 aliphatic rings. The van der Waals surface area contributed by atoms with E-state index >= 15 is 0 Å². The molecular weight excluding hydrogens is 520 g/mol. The van der Waals surface area contributed by atoms with E-state index in [4.69, 9.17) is 4.74 Å². The number of aliphatic hydroxyl groups is 1. The number of rotatable bonds is 6. The molecule has 2 aromatic carbocycles. The van der Waals surface area contributed by atoms with Gasteiger partial charge in [-0.3, -0.25) is 4.79 Å². The third kappa shape index (κ3) is 5.92. The Morgan fingerprint density at radius 3 is 2.55 bits per heavy atom. The van der Waals surface area contributed by atoms with Gasteiger partial charge in [0.25, 0.3) is 5.91 Å². The minimum Gasteiger partial charge on any atom is -0.491 e. The summed E-state index contributed by atoms with van der Waals surface area (Å²) in [5.41, 5.74) is 5.52. The molecule has 2 saturated carbocycles. The summed E-state index contributed by atoms with van der Waals surface area (Å²) in [7, 11) is 0. The van der Waals surface area contributed by atoms with Crippen molar-refractivity contribution in [2.75, 3.05) is 6.61 Å². The largest absolute Gasteiger partial charge is 0.491 e. The first-order valence-corrected chi connectivity index (χ1v) is 15.3. The molecule has 1 aromatic heterocycles. The number of para-hydroxylation sites is 1. The molecule has 0 spiro atoms. The van der Waals surface area contributed by atoms with E-state index in [0.29, 0.717) is 18.4 Å². The summed E-state index contributed by atoms with van der Waals surface area (Å²) in [6, 6.07) is 14.8. The van der Waals surface area contributed by atoms with Crippen molar-refractivity contribution in [1.29, 1.82) is 0 Å². The first kappa shape index (κ1) is 29.0. The van der Waals surface area contributed by atoms with Crippen LogP contribution in [0.5, 0.6) is 5.75 Å². The van der Waals surface area contributed by atoms with E-state index in [-0.39, 0.29) is 30.0 Å². The van der Waals surface area contributed by atoms with Crippen molar-refractivity contribution >= 4 is 29.2 Å². The molecule has 3 aromatic rings. The normalized spacial score (nSPS) is 21.5. The zero-order valence-electron chi connectivity index (χ0n) is 24.1. The predicted octanol–water partition coefficient (Wildman–Crippen LogP) is 8.01. The molecular formula is C34H45ClN2O3. The average molecular weight is 565 g/mol. The maximum atomic E-state index is 13.6. The van der Waals surface area contributed by atoms with Gasteiger partial charge in [0.2, 0.25) is 0 Å². The molecule has 0 radical (unpaired) electrons. The zero-order chi connectivity index (χ0) is 27.0. The quantitative estimate of drug-likeness (QED) is 0.319. The summed E-state index contributed by atoms with van der Waals surface area (Å²) >= 11 is 0. The van der Waals surface area contributed by atoms with Crippen molar-refractivity contribution in [3.8, 4) is 17.0 Å². The van der Waals surface area contributed by atoms with Crippen molar-refractivity contribution in [3.63, 3.8) is 0 Å². The SMILES string of the molecule is CC(C)(CCC1CCC(O)CC1)NC(=O)c1ccc2c(C3CCCCC3)c3n(c2c1)CCOc1ccccc1-3.Cl. The van der Waals surface area contributed by atoms with Crippen LogP contribution in [0.3, 0.4) is 0 Å². The maximum absolute atomic E-state index is 13.6. The van der Waals surface area contributed by atoms with Crippen molar-refractivity contribution in [2.24, 2.45) is 5.92 Å². The van der Waals surface area contributed by atoms with Gasteiger partial charge in [0, 0.05) is 27.6 Å².